The lowest BCUT2D eigenvalue weighted by molar-refractivity contribution is 0.303. The minimum absolute atomic E-state index is 0.603. The minimum Gasteiger partial charge on any atom is -0.491 e. The van der Waals surface area contributed by atoms with Gasteiger partial charge in [-0.1, -0.05) is 26.7 Å². The monoisotopic (exact) mass is 290 g/mol. The minimum atomic E-state index is 0.603. The lowest BCUT2D eigenvalue weighted by Crippen LogP contribution is -2.04. The molecule has 1 aromatic heterocycles. The van der Waals surface area contributed by atoms with Crippen molar-refractivity contribution in [3.63, 3.8) is 0 Å². The third-order valence-corrected chi connectivity index (χ3v) is 2.92. The van der Waals surface area contributed by atoms with Crippen molar-refractivity contribution < 1.29 is 4.74 Å². The summed E-state index contributed by atoms with van der Waals surface area (Å²) in [6, 6.07) is 5.25. The van der Waals surface area contributed by atoms with Gasteiger partial charge in [-0.25, -0.2) is 4.98 Å². The molecule has 0 saturated heterocycles. The quantitative estimate of drug-likeness (QED) is 0.632. The molecule has 0 atom stereocenters. The van der Waals surface area contributed by atoms with Crippen LogP contribution >= 0.6 is 0 Å². The van der Waals surface area contributed by atoms with Gasteiger partial charge in [-0.2, -0.15) is 0 Å². The molecule has 0 amide bonds. The summed E-state index contributed by atoms with van der Waals surface area (Å²) in [7, 11) is 0. The SMILES string of the molecule is CCCC.Nc1ccc(N)c(OCCCn2ccnc2)c1. The van der Waals surface area contributed by atoms with Gasteiger partial charge in [0.2, 0.25) is 0 Å². The Morgan fingerprint density at radius 3 is 2.57 bits per heavy atom. The highest BCUT2D eigenvalue weighted by Crippen LogP contribution is 2.23. The molecule has 2 rings (SSSR count). The fraction of sp³-hybridized carbons (Fsp3) is 0.438. The Balaban J connectivity index is 0.000000491. The number of anilines is 2. The van der Waals surface area contributed by atoms with Gasteiger partial charge < -0.3 is 20.8 Å². The van der Waals surface area contributed by atoms with E-state index in [2.05, 4.69) is 18.8 Å². The topological polar surface area (TPSA) is 79.1 Å². The maximum Gasteiger partial charge on any atom is 0.144 e. The Morgan fingerprint density at radius 2 is 1.95 bits per heavy atom. The molecule has 2 aromatic rings. The zero-order valence-corrected chi connectivity index (χ0v) is 13.0. The molecule has 1 aromatic carbocycles. The van der Waals surface area contributed by atoms with Crippen LogP contribution in [-0.2, 0) is 6.54 Å². The lowest BCUT2D eigenvalue weighted by atomic mass is 10.2. The Morgan fingerprint density at radius 1 is 1.19 bits per heavy atom. The van der Waals surface area contributed by atoms with Crippen molar-refractivity contribution in [2.75, 3.05) is 18.1 Å². The number of hydrogen-bond acceptors (Lipinski definition) is 4. The fourth-order valence-corrected chi connectivity index (χ4v) is 1.52. The normalized spacial score (nSPS) is 9.81. The van der Waals surface area contributed by atoms with Crippen LogP contribution in [0.1, 0.15) is 33.1 Å². The Kier molecular flexibility index (Phi) is 7.79. The molecular formula is C16H26N4O. The van der Waals surface area contributed by atoms with E-state index in [-0.39, 0.29) is 0 Å². The molecule has 21 heavy (non-hydrogen) atoms. The number of nitrogen functional groups attached to an aromatic ring is 2. The molecule has 0 aliphatic rings. The van der Waals surface area contributed by atoms with E-state index in [1.807, 2.05) is 10.8 Å². The summed E-state index contributed by atoms with van der Waals surface area (Å²) >= 11 is 0. The predicted octanol–water partition coefficient (Wildman–Crippen LogP) is 3.32. The van der Waals surface area contributed by atoms with Crippen LogP contribution in [0, 0.1) is 0 Å². The second-order valence-electron chi connectivity index (χ2n) is 4.80. The van der Waals surface area contributed by atoms with Crippen LogP contribution in [0.15, 0.2) is 36.9 Å². The van der Waals surface area contributed by atoms with Crippen LogP contribution < -0.4 is 16.2 Å². The molecule has 1 heterocycles. The second kappa shape index (κ2) is 9.69. The molecule has 5 nitrogen and oxygen atoms in total. The molecule has 0 aliphatic heterocycles. The molecule has 5 heteroatoms. The van der Waals surface area contributed by atoms with Crippen LogP contribution in [-0.4, -0.2) is 16.2 Å². The standard InChI is InChI=1S/C12H16N4O.C4H10/c13-10-2-3-11(14)12(8-10)17-7-1-5-16-6-4-15-9-16;1-3-4-2/h2-4,6,8-9H,1,5,7,13-14H2;3-4H2,1-2H3. The zero-order chi connectivity index (χ0) is 15.5. The van der Waals surface area contributed by atoms with Crippen molar-refractivity contribution in [1.29, 1.82) is 0 Å². The summed E-state index contributed by atoms with van der Waals surface area (Å²) in [5, 5.41) is 0. The lowest BCUT2D eigenvalue weighted by Gasteiger charge is -2.09. The highest BCUT2D eigenvalue weighted by molar-refractivity contribution is 5.59. The van der Waals surface area contributed by atoms with Gasteiger partial charge in [0, 0.05) is 30.7 Å². The molecule has 0 radical (unpaired) electrons. The average molecular weight is 290 g/mol. The molecule has 0 unspecified atom stereocenters. The van der Waals surface area contributed by atoms with Crippen molar-refractivity contribution in [2.45, 2.75) is 39.7 Å². The fourth-order valence-electron chi connectivity index (χ4n) is 1.52. The summed E-state index contributed by atoms with van der Waals surface area (Å²) in [5.41, 5.74) is 12.7. The number of ether oxygens (including phenoxy) is 1. The van der Waals surface area contributed by atoms with E-state index in [9.17, 15) is 0 Å². The summed E-state index contributed by atoms with van der Waals surface area (Å²) in [4.78, 5) is 3.97. The first-order valence-electron chi connectivity index (χ1n) is 7.40. The first-order chi connectivity index (χ1) is 10.2. The number of imidazole rings is 1. The highest BCUT2D eigenvalue weighted by Gasteiger charge is 2.00. The molecule has 0 fully saturated rings. The van der Waals surface area contributed by atoms with Gasteiger partial charge in [0.15, 0.2) is 0 Å². The Labute approximate surface area is 126 Å². The van der Waals surface area contributed by atoms with E-state index in [0.717, 1.165) is 13.0 Å². The molecular weight excluding hydrogens is 264 g/mol. The molecule has 4 N–H and O–H groups in total. The molecule has 116 valence electrons. The smallest absolute Gasteiger partial charge is 0.144 e. The summed E-state index contributed by atoms with van der Waals surface area (Å²) in [5.74, 6) is 0.649. The molecule has 0 saturated carbocycles. The van der Waals surface area contributed by atoms with Gasteiger partial charge >= 0.3 is 0 Å². The maximum absolute atomic E-state index is 5.77. The van der Waals surface area contributed by atoms with Gasteiger partial charge in [0.1, 0.15) is 5.75 Å². The number of nitrogens with zero attached hydrogens (tertiary/aromatic N) is 2. The van der Waals surface area contributed by atoms with Crippen molar-refractivity contribution in [1.82, 2.24) is 9.55 Å². The van der Waals surface area contributed by atoms with E-state index < -0.39 is 0 Å². The highest BCUT2D eigenvalue weighted by atomic mass is 16.5. The Hall–Kier alpha value is -2.17. The van der Waals surface area contributed by atoms with Crippen LogP contribution in [0.5, 0.6) is 5.75 Å². The van der Waals surface area contributed by atoms with Crippen LogP contribution in [0.25, 0.3) is 0 Å². The number of aromatic nitrogens is 2. The number of unbranched alkanes of at least 4 members (excludes halogenated alkanes) is 1. The van der Waals surface area contributed by atoms with Crippen molar-refractivity contribution in [2.24, 2.45) is 0 Å². The third-order valence-electron chi connectivity index (χ3n) is 2.92. The largest absolute Gasteiger partial charge is 0.491 e. The van der Waals surface area contributed by atoms with Crippen molar-refractivity contribution in [3.05, 3.63) is 36.9 Å². The number of aryl methyl sites for hydroxylation is 1. The van der Waals surface area contributed by atoms with Gasteiger partial charge in [-0.15, -0.1) is 0 Å². The van der Waals surface area contributed by atoms with Gasteiger partial charge in [-0.05, 0) is 18.6 Å². The van der Waals surface area contributed by atoms with E-state index in [1.54, 1.807) is 30.7 Å². The number of rotatable bonds is 6. The second-order valence-corrected chi connectivity index (χ2v) is 4.80. The predicted molar refractivity (Wildman–Crippen MR) is 88.2 cm³/mol. The van der Waals surface area contributed by atoms with E-state index in [0.29, 0.717) is 23.7 Å². The number of benzene rings is 1. The first-order valence-corrected chi connectivity index (χ1v) is 7.40. The average Bonchev–Trinajstić information content (AvgIpc) is 3.00. The van der Waals surface area contributed by atoms with Crippen molar-refractivity contribution in [3.8, 4) is 5.75 Å². The first kappa shape index (κ1) is 16.9. The van der Waals surface area contributed by atoms with E-state index in [1.165, 1.54) is 12.8 Å². The number of hydrogen-bond donors (Lipinski definition) is 2. The maximum atomic E-state index is 5.77. The van der Waals surface area contributed by atoms with Gasteiger partial charge in [0.25, 0.3) is 0 Å². The third kappa shape index (κ3) is 6.70. The van der Waals surface area contributed by atoms with Gasteiger partial charge in [0.05, 0.1) is 18.6 Å². The zero-order valence-electron chi connectivity index (χ0n) is 13.0. The van der Waals surface area contributed by atoms with Crippen molar-refractivity contribution >= 4 is 11.4 Å². The summed E-state index contributed by atoms with van der Waals surface area (Å²) in [6.45, 7) is 5.84. The molecule has 0 bridgehead atoms. The summed E-state index contributed by atoms with van der Waals surface area (Å²) < 4.78 is 7.58. The summed E-state index contributed by atoms with van der Waals surface area (Å²) in [6.07, 6.45) is 9.01. The molecule has 0 aliphatic carbocycles. The number of nitrogens with two attached hydrogens (primary N) is 2. The van der Waals surface area contributed by atoms with Crippen LogP contribution in [0.2, 0.25) is 0 Å². The van der Waals surface area contributed by atoms with E-state index >= 15 is 0 Å². The Bertz CT molecular complexity index is 495. The van der Waals surface area contributed by atoms with Crippen LogP contribution in [0.3, 0.4) is 0 Å². The molecule has 0 spiro atoms. The van der Waals surface area contributed by atoms with Crippen LogP contribution in [0.4, 0.5) is 11.4 Å². The van der Waals surface area contributed by atoms with Gasteiger partial charge in [-0.3, -0.25) is 0 Å². The van der Waals surface area contributed by atoms with E-state index in [4.69, 9.17) is 16.2 Å².